The maximum absolute atomic E-state index is 12.2. The van der Waals surface area contributed by atoms with Gasteiger partial charge >= 0.3 is 48.9 Å². The minimum atomic E-state index is -1.52. The Balaban J connectivity index is 0.00000220. The van der Waals surface area contributed by atoms with Gasteiger partial charge in [0.15, 0.2) is 0 Å². The molecule has 0 aliphatic rings. The van der Waals surface area contributed by atoms with E-state index < -0.39 is 22.7 Å². The Bertz CT molecular complexity index is 620. The van der Waals surface area contributed by atoms with E-state index in [1.165, 1.54) is 48.5 Å². The molecule has 7 heteroatoms. The molecule has 0 amide bonds. The fourth-order valence-corrected chi connectivity index (χ4v) is 2.60. The summed E-state index contributed by atoms with van der Waals surface area (Å²) >= 11 is 0. The molecule has 0 unspecified atom stereocenters. The SMILES string of the molecule is O=C([O-])c1ccc(S(=O)c2ccc(C(=O)[O-])cc2)cc1.[Ba+2]. The summed E-state index contributed by atoms with van der Waals surface area (Å²) in [7, 11) is -1.52. The second-order valence-corrected chi connectivity index (χ2v) is 5.37. The van der Waals surface area contributed by atoms with Crippen molar-refractivity contribution >= 4 is 71.6 Å². The van der Waals surface area contributed by atoms with Crippen molar-refractivity contribution in [1.29, 1.82) is 0 Å². The molecule has 0 spiro atoms. The van der Waals surface area contributed by atoms with Gasteiger partial charge in [0.2, 0.25) is 0 Å². The molecule has 5 nitrogen and oxygen atoms in total. The summed E-state index contributed by atoms with van der Waals surface area (Å²) in [5, 5.41) is 21.2. The van der Waals surface area contributed by atoms with Gasteiger partial charge in [-0.1, -0.05) is 24.3 Å². The van der Waals surface area contributed by atoms with Crippen molar-refractivity contribution in [3.63, 3.8) is 0 Å². The molecule has 0 heterocycles. The molecular weight excluding hydrogens is 418 g/mol. The standard InChI is InChI=1S/C14H10O5S.Ba/c15-13(16)9-1-5-11(6-2-9)20(19)12-7-3-10(4-8-12)14(17)18;/h1-8H,(H,15,16)(H,17,18);/q;+2/p-2. The Morgan fingerprint density at radius 2 is 1.00 bits per heavy atom. The summed E-state index contributed by atoms with van der Waals surface area (Å²) in [6.07, 6.45) is 0. The van der Waals surface area contributed by atoms with Crippen LogP contribution in [0.1, 0.15) is 20.7 Å². The van der Waals surface area contributed by atoms with Crippen LogP contribution in [0.3, 0.4) is 0 Å². The Morgan fingerprint density at radius 3 is 1.24 bits per heavy atom. The van der Waals surface area contributed by atoms with Crippen molar-refractivity contribution in [2.24, 2.45) is 0 Å². The van der Waals surface area contributed by atoms with Crippen LogP contribution in [0.4, 0.5) is 0 Å². The molecule has 0 aliphatic carbocycles. The maximum atomic E-state index is 12.2. The van der Waals surface area contributed by atoms with Gasteiger partial charge in [-0.2, -0.15) is 0 Å². The Labute approximate surface area is 163 Å². The Kier molecular flexibility index (Phi) is 6.85. The van der Waals surface area contributed by atoms with E-state index in [1.54, 1.807) is 0 Å². The summed E-state index contributed by atoms with van der Waals surface area (Å²) in [6.45, 7) is 0. The average molecular weight is 426 g/mol. The zero-order valence-electron chi connectivity index (χ0n) is 10.8. The maximum Gasteiger partial charge on any atom is 2.00 e. The van der Waals surface area contributed by atoms with E-state index in [2.05, 4.69) is 0 Å². The van der Waals surface area contributed by atoms with Crippen LogP contribution in [-0.4, -0.2) is 65.0 Å². The molecule has 0 saturated carbocycles. The number of hydrogen-bond acceptors (Lipinski definition) is 5. The first-order chi connectivity index (χ1) is 9.49. The second-order valence-electron chi connectivity index (χ2n) is 3.89. The monoisotopic (exact) mass is 426 g/mol. The normalized spacial score (nSPS) is 9.95. The van der Waals surface area contributed by atoms with Gasteiger partial charge in [0.05, 0.1) is 22.7 Å². The minimum Gasteiger partial charge on any atom is -0.545 e. The van der Waals surface area contributed by atoms with Crippen molar-refractivity contribution in [1.82, 2.24) is 0 Å². The van der Waals surface area contributed by atoms with Crippen LogP contribution >= 0.6 is 0 Å². The Hall–Kier alpha value is -0.899. The van der Waals surface area contributed by atoms with E-state index in [4.69, 9.17) is 0 Å². The number of rotatable bonds is 4. The number of carbonyl (C=O) groups is 2. The quantitative estimate of drug-likeness (QED) is 0.598. The van der Waals surface area contributed by atoms with Gasteiger partial charge in [0.1, 0.15) is 0 Å². The van der Waals surface area contributed by atoms with E-state index in [9.17, 15) is 24.0 Å². The molecule has 0 aromatic heterocycles. The topological polar surface area (TPSA) is 97.3 Å². The smallest absolute Gasteiger partial charge is 0.545 e. The first-order valence-corrected chi connectivity index (χ1v) is 6.68. The molecule has 102 valence electrons. The fraction of sp³-hybridized carbons (Fsp3) is 0. The number of carbonyl (C=O) groups excluding carboxylic acids is 2. The van der Waals surface area contributed by atoms with E-state index in [0.29, 0.717) is 9.79 Å². The molecular formula is C14H8BaO5S. The number of carboxylic acids is 2. The summed E-state index contributed by atoms with van der Waals surface area (Å²) in [4.78, 5) is 22.0. The number of carboxylic acid groups (broad SMARTS) is 2. The fourth-order valence-electron chi connectivity index (χ4n) is 1.57. The van der Waals surface area contributed by atoms with E-state index in [0.717, 1.165) is 0 Å². The largest absolute Gasteiger partial charge is 2.00 e. The average Bonchev–Trinajstić information content (AvgIpc) is 2.46. The zero-order chi connectivity index (χ0) is 14.7. The molecule has 2 rings (SSSR count). The van der Waals surface area contributed by atoms with Gasteiger partial charge in [-0.25, -0.2) is 4.21 Å². The van der Waals surface area contributed by atoms with Gasteiger partial charge in [0, 0.05) is 9.79 Å². The first kappa shape index (κ1) is 18.2. The van der Waals surface area contributed by atoms with Crippen molar-refractivity contribution < 1.29 is 24.0 Å². The van der Waals surface area contributed by atoms with Crippen LogP contribution in [0.5, 0.6) is 0 Å². The van der Waals surface area contributed by atoms with Crippen molar-refractivity contribution in [3.8, 4) is 0 Å². The van der Waals surface area contributed by atoms with Crippen molar-refractivity contribution in [3.05, 3.63) is 59.7 Å². The predicted octanol–water partition coefficient (Wildman–Crippen LogP) is -0.801. The number of hydrogen-bond donors (Lipinski definition) is 0. The van der Waals surface area contributed by atoms with E-state index in [-0.39, 0.29) is 60.0 Å². The molecule has 0 saturated heterocycles. The molecule has 2 aromatic rings. The van der Waals surface area contributed by atoms with Crippen LogP contribution in [0.15, 0.2) is 58.3 Å². The third-order valence-electron chi connectivity index (χ3n) is 2.61. The molecule has 2 aromatic carbocycles. The summed E-state index contributed by atoms with van der Waals surface area (Å²) in [5.41, 5.74) is -0.00361. The van der Waals surface area contributed by atoms with Gasteiger partial charge in [-0.05, 0) is 35.4 Å². The van der Waals surface area contributed by atoms with Gasteiger partial charge in [-0.15, -0.1) is 0 Å². The van der Waals surface area contributed by atoms with Crippen LogP contribution in [0.2, 0.25) is 0 Å². The van der Waals surface area contributed by atoms with Gasteiger partial charge in [-0.3, -0.25) is 0 Å². The summed E-state index contributed by atoms with van der Waals surface area (Å²) in [5.74, 6) is -2.61. The summed E-state index contributed by atoms with van der Waals surface area (Å²) < 4.78 is 12.2. The van der Waals surface area contributed by atoms with Crippen LogP contribution in [0, 0.1) is 0 Å². The van der Waals surface area contributed by atoms with Crippen molar-refractivity contribution in [2.75, 3.05) is 0 Å². The van der Waals surface area contributed by atoms with Crippen LogP contribution in [0.25, 0.3) is 0 Å². The van der Waals surface area contributed by atoms with Crippen LogP contribution < -0.4 is 10.2 Å². The van der Waals surface area contributed by atoms with E-state index >= 15 is 0 Å². The second kappa shape index (κ2) is 7.93. The third-order valence-corrected chi connectivity index (χ3v) is 4.01. The molecule has 0 bridgehead atoms. The zero-order valence-corrected chi connectivity index (χ0v) is 16.0. The molecule has 0 fully saturated rings. The van der Waals surface area contributed by atoms with Crippen molar-refractivity contribution in [2.45, 2.75) is 9.79 Å². The molecule has 0 atom stereocenters. The molecule has 0 N–H and O–H groups in total. The summed E-state index contributed by atoms with van der Waals surface area (Å²) in [6, 6.07) is 10.9. The molecule has 0 radical (unpaired) electrons. The van der Waals surface area contributed by atoms with E-state index in [1.807, 2.05) is 0 Å². The first-order valence-electron chi connectivity index (χ1n) is 5.53. The van der Waals surface area contributed by atoms with Crippen LogP contribution in [-0.2, 0) is 10.8 Å². The Morgan fingerprint density at radius 1 is 0.714 bits per heavy atom. The van der Waals surface area contributed by atoms with Gasteiger partial charge < -0.3 is 19.8 Å². The number of aromatic carboxylic acids is 2. The predicted molar refractivity (Wildman–Crippen MR) is 72.0 cm³/mol. The molecule has 0 aliphatic heterocycles. The molecule has 21 heavy (non-hydrogen) atoms. The van der Waals surface area contributed by atoms with Gasteiger partial charge in [0.25, 0.3) is 0 Å². The number of benzene rings is 2. The minimum absolute atomic E-state index is 0. The third kappa shape index (κ3) is 4.53.